The van der Waals surface area contributed by atoms with Crippen LogP contribution in [0.15, 0.2) is 0 Å². The lowest BCUT2D eigenvalue weighted by atomic mass is 9.99. The Balaban J connectivity index is 1.63. The maximum Gasteiger partial charge on any atom is 0.112 e. The van der Waals surface area contributed by atoms with Crippen molar-refractivity contribution in [3.05, 3.63) is 17.2 Å². The lowest BCUT2D eigenvalue weighted by Crippen LogP contribution is -2.27. The molecule has 0 aromatic carbocycles. The van der Waals surface area contributed by atoms with Gasteiger partial charge in [0.25, 0.3) is 0 Å². The molecule has 2 unspecified atom stereocenters. The summed E-state index contributed by atoms with van der Waals surface area (Å²) in [6.45, 7) is 6.38. The zero-order valence-corrected chi connectivity index (χ0v) is 12.4. The molecular weight excluding hydrogens is 250 g/mol. The van der Waals surface area contributed by atoms with Gasteiger partial charge in [-0.3, -0.25) is 0 Å². The summed E-state index contributed by atoms with van der Waals surface area (Å²) in [6, 6.07) is 0. The van der Waals surface area contributed by atoms with Gasteiger partial charge in [0.2, 0.25) is 0 Å². The highest BCUT2D eigenvalue weighted by molar-refractivity contribution is 5.24. The Kier molecular flexibility index (Phi) is 3.31. The smallest absolute Gasteiger partial charge is 0.112 e. The molecule has 1 N–H and O–H groups in total. The highest BCUT2D eigenvalue weighted by atomic mass is 16.5. The minimum absolute atomic E-state index is 0.460. The summed E-state index contributed by atoms with van der Waals surface area (Å²) >= 11 is 0. The van der Waals surface area contributed by atoms with E-state index in [-0.39, 0.29) is 0 Å². The molecule has 0 bridgehead atoms. The summed E-state index contributed by atoms with van der Waals surface area (Å²) in [4.78, 5) is 4.97. The molecule has 1 aromatic heterocycles. The van der Waals surface area contributed by atoms with Gasteiger partial charge in [-0.2, -0.15) is 0 Å². The molecule has 20 heavy (non-hydrogen) atoms. The van der Waals surface area contributed by atoms with Crippen LogP contribution in [0.4, 0.5) is 0 Å². The molecule has 2 atom stereocenters. The molecule has 2 aliphatic heterocycles. The van der Waals surface area contributed by atoms with Gasteiger partial charge in [0.05, 0.1) is 11.8 Å². The second-order valence-electron chi connectivity index (χ2n) is 6.54. The summed E-state index contributed by atoms with van der Waals surface area (Å²) in [7, 11) is 0. The summed E-state index contributed by atoms with van der Waals surface area (Å²) in [5.41, 5.74) is 2.82. The van der Waals surface area contributed by atoms with Crippen LogP contribution in [0.3, 0.4) is 0 Å². The molecule has 1 aromatic rings. The van der Waals surface area contributed by atoms with E-state index in [4.69, 9.17) is 9.72 Å². The van der Waals surface area contributed by atoms with Crippen LogP contribution in [0.25, 0.3) is 0 Å². The normalized spacial score (nSPS) is 29.6. The lowest BCUT2D eigenvalue weighted by Gasteiger charge is -2.22. The molecule has 0 radical (unpaired) electrons. The first-order valence-corrected chi connectivity index (χ1v) is 8.27. The Morgan fingerprint density at radius 2 is 2.25 bits per heavy atom. The van der Waals surface area contributed by atoms with E-state index in [0.29, 0.717) is 12.0 Å². The van der Waals surface area contributed by atoms with Crippen molar-refractivity contribution in [3.63, 3.8) is 0 Å². The first-order chi connectivity index (χ1) is 9.86. The molecule has 110 valence electrons. The number of imidazole rings is 1. The zero-order chi connectivity index (χ0) is 13.5. The SMILES string of the molecule is CCC1OCCC1Cn1c(C2CC2)nc2c1CCNC2. The largest absolute Gasteiger partial charge is 0.378 e. The van der Waals surface area contributed by atoms with Gasteiger partial charge >= 0.3 is 0 Å². The predicted octanol–water partition coefficient (Wildman–Crippen LogP) is 2.22. The quantitative estimate of drug-likeness (QED) is 0.916. The van der Waals surface area contributed by atoms with Crippen LogP contribution < -0.4 is 5.32 Å². The maximum absolute atomic E-state index is 5.88. The average Bonchev–Trinajstić information content (AvgIpc) is 3.12. The van der Waals surface area contributed by atoms with Crippen LogP contribution in [0.5, 0.6) is 0 Å². The number of rotatable bonds is 4. The van der Waals surface area contributed by atoms with Crippen molar-refractivity contribution in [2.24, 2.45) is 5.92 Å². The van der Waals surface area contributed by atoms with Crippen molar-refractivity contribution >= 4 is 0 Å². The number of fused-ring (bicyclic) bond motifs is 1. The highest BCUT2D eigenvalue weighted by Gasteiger charge is 2.34. The molecule has 4 rings (SSSR count). The van der Waals surface area contributed by atoms with Crippen molar-refractivity contribution in [3.8, 4) is 0 Å². The number of hydrogen-bond donors (Lipinski definition) is 1. The average molecular weight is 275 g/mol. The monoisotopic (exact) mass is 275 g/mol. The van der Waals surface area contributed by atoms with Crippen molar-refractivity contribution in [2.45, 2.75) is 64.1 Å². The van der Waals surface area contributed by atoms with E-state index >= 15 is 0 Å². The number of ether oxygens (including phenoxy) is 1. The molecule has 1 aliphatic carbocycles. The van der Waals surface area contributed by atoms with E-state index in [1.165, 1.54) is 36.5 Å². The number of nitrogens with one attached hydrogen (secondary N) is 1. The fourth-order valence-corrected chi connectivity index (χ4v) is 3.84. The molecule has 3 aliphatic rings. The Morgan fingerprint density at radius 1 is 1.35 bits per heavy atom. The second-order valence-corrected chi connectivity index (χ2v) is 6.54. The molecule has 4 heteroatoms. The van der Waals surface area contributed by atoms with E-state index < -0.39 is 0 Å². The van der Waals surface area contributed by atoms with E-state index in [0.717, 1.165) is 45.0 Å². The third-order valence-corrected chi connectivity index (χ3v) is 5.12. The van der Waals surface area contributed by atoms with E-state index in [2.05, 4.69) is 16.8 Å². The third kappa shape index (κ3) is 2.19. The van der Waals surface area contributed by atoms with Crippen LogP contribution >= 0.6 is 0 Å². The van der Waals surface area contributed by atoms with Gasteiger partial charge in [0, 0.05) is 50.2 Å². The fraction of sp³-hybridized carbons (Fsp3) is 0.812. The topological polar surface area (TPSA) is 39.1 Å². The van der Waals surface area contributed by atoms with Crippen molar-refractivity contribution < 1.29 is 4.74 Å². The first kappa shape index (κ1) is 12.8. The van der Waals surface area contributed by atoms with E-state index in [9.17, 15) is 0 Å². The van der Waals surface area contributed by atoms with Crippen molar-refractivity contribution in [2.75, 3.05) is 13.2 Å². The summed E-state index contributed by atoms with van der Waals surface area (Å²) < 4.78 is 8.46. The lowest BCUT2D eigenvalue weighted by molar-refractivity contribution is 0.0830. The minimum atomic E-state index is 0.460. The Morgan fingerprint density at radius 3 is 3.05 bits per heavy atom. The minimum Gasteiger partial charge on any atom is -0.378 e. The van der Waals surface area contributed by atoms with E-state index in [1.807, 2.05) is 0 Å². The molecule has 0 spiro atoms. The zero-order valence-electron chi connectivity index (χ0n) is 12.4. The molecular formula is C16H25N3O. The molecule has 0 amide bonds. The van der Waals surface area contributed by atoms with Gasteiger partial charge in [-0.1, -0.05) is 6.92 Å². The van der Waals surface area contributed by atoms with Gasteiger partial charge < -0.3 is 14.6 Å². The van der Waals surface area contributed by atoms with Crippen LogP contribution in [0.1, 0.15) is 55.7 Å². The van der Waals surface area contributed by atoms with Crippen LogP contribution in [0, 0.1) is 5.92 Å². The highest BCUT2D eigenvalue weighted by Crippen LogP contribution is 2.41. The van der Waals surface area contributed by atoms with Gasteiger partial charge in [-0.25, -0.2) is 4.98 Å². The summed E-state index contributed by atoms with van der Waals surface area (Å²) in [6.07, 6.45) is 6.63. The van der Waals surface area contributed by atoms with Gasteiger partial charge in [-0.15, -0.1) is 0 Å². The van der Waals surface area contributed by atoms with Crippen LogP contribution in [-0.4, -0.2) is 28.8 Å². The summed E-state index contributed by atoms with van der Waals surface area (Å²) in [5, 5.41) is 3.45. The maximum atomic E-state index is 5.88. The van der Waals surface area contributed by atoms with Gasteiger partial charge in [-0.05, 0) is 25.7 Å². The third-order valence-electron chi connectivity index (χ3n) is 5.12. The predicted molar refractivity (Wildman–Crippen MR) is 77.8 cm³/mol. The van der Waals surface area contributed by atoms with Gasteiger partial charge in [0.15, 0.2) is 0 Å². The summed E-state index contributed by atoms with van der Waals surface area (Å²) in [5.74, 6) is 2.80. The molecule has 4 nitrogen and oxygen atoms in total. The standard InChI is InChI=1S/C16H25N3O/c1-2-15-12(6-8-20-15)10-19-14-5-7-17-9-13(14)18-16(19)11-3-4-11/h11-12,15,17H,2-10H2,1H3. The Hall–Kier alpha value is -0.870. The molecule has 1 saturated carbocycles. The second kappa shape index (κ2) is 5.15. The first-order valence-electron chi connectivity index (χ1n) is 8.27. The fourth-order valence-electron chi connectivity index (χ4n) is 3.84. The number of nitrogens with zero attached hydrogens (tertiary/aromatic N) is 2. The Bertz CT molecular complexity index is 492. The molecule has 3 heterocycles. The Labute approximate surface area is 120 Å². The van der Waals surface area contributed by atoms with E-state index in [1.54, 1.807) is 0 Å². The molecule has 1 saturated heterocycles. The van der Waals surface area contributed by atoms with Crippen LogP contribution in [-0.2, 0) is 24.2 Å². The van der Waals surface area contributed by atoms with Crippen LogP contribution in [0.2, 0.25) is 0 Å². The molecule has 2 fully saturated rings. The van der Waals surface area contributed by atoms with Crippen molar-refractivity contribution in [1.82, 2.24) is 14.9 Å². The number of hydrogen-bond acceptors (Lipinski definition) is 3. The van der Waals surface area contributed by atoms with Gasteiger partial charge in [0.1, 0.15) is 5.82 Å². The van der Waals surface area contributed by atoms with Crippen molar-refractivity contribution in [1.29, 1.82) is 0 Å². The number of aromatic nitrogens is 2.